The molecule has 1 aromatic carbocycles. The number of thioether (sulfide) groups is 1. The number of aliphatic hydroxyl groups is 1. The van der Waals surface area contributed by atoms with Crippen molar-refractivity contribution in [1.82, 2.24) is 15.5 Å². The molecule has 0 bridgehead atoms. The zero-order valence-corrected chi connectivity index (χ0v) is 12.3. The Morgan fingerprint density at radius 2 is 2.24 bits per heavy atom. The topological polar surface area (TPSA) is 78.0 Å². The van der Waals surface area contributed by atoms with Crippen LogP contribution >= 0.6 is 11.8 Å². The number of hydrogen-bond donors (Lipinski definition) is 3. The van der Waals surface area contributed by atoms with Gasteiger partial charge < -0.3 is 10.4 Å². The maximum absolute atomic E-state index is 12.3. The Bertz CT molecular complexity index is 621. The minimum absolute atomic E-state index is 0.215. The van der Waals surface area contributed by atoms with Gasteiger partial charge in [0.1, 0.15) is 0 Å². The minimum atomic E-state index is -0.781. The highest BCUT2D eigenvalue weighted by atomic mass is 32.2. The van der Waals surface area contributed by atoms with E-state index >= 15 is 0 Å². The van der Waals surface area contributed by atoms with Gasteiger partial charge in [-0.05, 0) is 12.2 Å². The maximum atomic E-state index is 12.3. The third kappa shape index (κ3) is 3.11. The Balaban J connectivity index is 1.72. The number of aromatic amines is 1. The molecule has 1 fully saturated rings. The van der Waals surface area contributed by atoms with Crippen LogP contribution in [0, 0.1) is 0 Å². The first-order valence-electron chi connectivity index (χ1n) is 6.85. The van der Waals surface area contributed by atoms with Gasteiger partial charge in [-0.1, -0.05) is 30.3 Å². The smallest absolute Gasteiger partial charge is 0.255 e. The van der Waals surface area contributed by atoms with Crippen molar-refractivity contribution in [1.29, 1.82) is 0 Å². The van der Waals surface area contributed by atoms with Crippen LogP contribution in [0.2, 0.25) is 0 Å². The molecule has 1 atom stereocenters. The number of benzene rings is 1. The maximum Gasteiger partial charge on any atom is 0.255 e. The van der Waals surface area contributed by atoms with Crippen LogP contribution in [0.3, 0.4) is 0 Å². The number of nitrogens with one attached hydrogen (secondary N) is 2. The standard InChI is InChI=1S/C15H17N3O2S/c19-14(16-9-15(20)6-7-21-10-15)12-8-17-18-13(12)11-4-2-1-3-5-11/h1-5,8,20H,6-7,9-10H2,(H,16,19)(H,17,18). The van der Waals surface area contributed by atoms with Crippen LogP contribution in [0.15, 0.2) is 36.5 Å². The molecule has 3 N–H and O–H groups in total. The summed E-state index contributed by atoms with van der Waals surface area (Å²) in [6, 6.07) is 9.59. The fraction of sp³-hybridized carbons (Fsp3) is 0.333. The Hall–Kier alpha value is -1.79. The molecule has 1 aromatic heterocycles. The normalized spacial score (nSPS) is 21.4. The van der Waals surface area contributed by atoms with E-state index in [-0.39, 0.29) is 12.5 Å². The van der Waals surface area contributed by atoms with Crippen LogP contribution in [0.5, 0.6) is 0 Å². The van der Waals surface area contributed by atoms with E-state index < -0.39 is 5.60 Å². The number of nitrogens with zero attached hydrogens (tertiary/aromatic N) is 1. The number of carbonyl (C=O) groups excluding carboxylic acids is 1. The predicted molar refractivity (Wildman–Crippen MR) is 83.2 cm³/mol. The van der Waals surface area contributed by atoms with E-state index in [4.69, 9.17) is 0 Å². The van der Waals surface area contributed by atoms with Crippen LogP contribution < -0.4 is 5.32 Å². The fourth-order valence-electron chi connectivity index (χ4n) is 2.36. The molecule has 1 amide bonds. The zero-order chi connectivity index (χ0) is 14.7. The SMILES string of the molecule is O=C(NCC1(O)CCSC1)c1cn[nH]c1-c1ccccc1. The summed E-state index contributed by atoms with van der Waals surface area (Å²) in [5, 5.41) is 19.9. The molecular formula is C15H17N3O2S. The molecule has 3 rings (SSSR count). The highest BCUT2D eigenvalue weighted by Crippen LogP contribution is 2.27. The second-order valence-corrected chi connectivity index (χ2v) is 6.34. The van der Waals surface area contributed by atoms with Gasteiger partial charge in [0.25, 0.3) is 5.91 Å². The van der Waals surface area contributed by atoms with Crippen molar-refractivity contribution in [2.24, 2.45) is 0 Å². The van der Waals surface area contributed by atoms with Gasteiger partial charge in [0, 0.05) is 17.9 Å². The molecule has 1 aliphatic heterocycles. The fourth-order valence-corrected chi connectivity index (χ4v) is 3.65. The molecule has 0 spiro atoms. The third-order valence-electron chi connectivity index (χ3n) is 3.61. The summed E-state index contributed by atoms with van der Waals surface area (Å²) in [5.74, 6) is 1.39. The van der Waals surface area contributed by atoms with Gasteiger partial charge in [0.15, 0.2) is 0 Å². The Kier molecular flexibility index (Phi) is 3.98. The largest absolute Gasteiger partial charge is 0.387 e. The van der Waals surface area contributed by atoms with E-state index in [1.807, 2.05) is 30.3 Å². The summed E-state index contributed by atoms with van der Waals surface area (Å²) in [5.41, 5.74) is 1.32. The highest BCUT2D eigenvalue weighted by Gasteiger charge is 2.32. The number of H-pyrrole nitrogens is 1. The van der Waals surface area contributed by atoms with Crippen molar-refractivity contribution in [3.05, 3.63) is 42.1 Å². The second-order valence-electron chi connectivity index (χ2n) is 5.23. The summed E-state index contributed by atoms with van der Waals surface area (Å²) in [4.78, 5) is 12.3. The first-order valence-corrected chi connectivity index (χ1v) is 8.01. The highest BCUT2D eigenvalue weighted by molar-refractivity contribution is 7.99. The van der Waals surface area contributed by atoms with Crippen molar-refractivity contribution in [3.8, 4) is 11.3 Å². The number of aromatic nitrogens is 2. The number of hydrogen-bond acceptors (Lipinski definition) is 4. The van der Waals surface area contributed by atoms with E-state index in [2.05, 4.69) is 15.5 Å². The summed E-state index contributed by atoms with van der Waals surface area (Å²) in [6.07, 6.45) is 2.24. The first kappa shape index (κ1) is 14.2. The van der Waals surface area contributed by atoms with Crippen molar-refractivity contribution in [2.45, 2.75) is 12.0 Å². The van der Waals surface area contributed by atoms with E-state index in [0.29, 0.717) is 17.0 Å². The van der Waals surface area contributed by atoms with Gasteiger partial charge in [0.2, 0.25) is 0 Å². The second kappa shape index (κ2) is 5.91. The predicted octanol–water partition coefficient (Wildman–Crippen LogP) is 1.67. The summed E-state index contributed by atoms with van der Waals surface area (Å²) in [7, 11) is 0. The lowest BCUT2D eigenvalue weighted by Gasteiger charge is -2.21. The number of carbonyl (C=O) groups is 1. The average Bonchev–Trinajstić information content (AvgIpc) is 3.15. The average molecular weight is 303 g/mol. The number of rotatable bonds is 4. The van der Waals surface area contributed by atoms with Crippen LogP contribution in [0.1, 0.15) is 16.8 Å². The van der Waals surface area contributed by atoms with E-state index in [0.717, 1.165) is 17.7 Å². The lowest BCUT2D eigenvalue weighted by molar-refractivity contribution is 0.0613. The minimum Gasteiger partial charge on any atom is -0.387 e. The quantitative estimate of drug-likeness (QED) is 0.803. The van der Waals surface area contributed by atoms with E-state index in [1.165, 1.54) is 6.20 Å². The Labute approximate surface area is 127 Å². The van der Waals surface area contributed by atoms with Crippen molar-refractivity contribution in [3.63, 3.8) is 0 Å². The first-order chi connectivity index (χ1) is 10.2. The molecule has 1 unspecified atom stereocenters. The van der Waals surface area contributed by atoms with Gasteiger partial charge in [-0.15, -0.1) is 0 Å². The molecule has 0 radical (unpaired) electrons. The number of amides is 1. The zero-order valence-electron chi connectivity index (χ0n) is 11.5. The molecule has 1 saturated heterocycles. The molecule has 0 saturated carbocycles. The van der Waals surface area contributed by atoms with E-state index in [9.17, 15) is 9.90 Å². The van der Waals surface area contributed by atoms with Crippen LogP contribution in [-0.2, 0) is 0 Å². The Morgan fingerprint density at radius 1 is 1.43 bits per heavy atom. The van der Waals surface area contributed by atoms with Gasteiger partial charge in [0.05, 0.1) is 23.1 Å². The molecular weight excluding hydrogens is 286 g/mol. The lowest BCUT2D eigenvalue weighted by atomic mass is 10.0. The monoisotopic (exact) mass is 303 g/mol. The van der Waals surface area contributed by atoms with Crippen molar-refractivity contribution >= 4 is 17.7 Å². The molecule has 21 heavy (non-hydrogen) atoms. The molecule has 1 aliphatic rings. The van der Waals surface area contributed by atoms with Crippen LogP contribution in [0.4, 0.5) is 0 Å². The molecule has 0 aliphatic carbocycles. The Morgan fingerprint density at radius 3 is 2.95 bits per heavy atom. The molecule has 6 heteroatoms. The summed E-state index contributed by atoms with van der Waals surface area (Å²) >= 11 is 1.71. The van der Waals surface area contributed by atoms with Crippen LogP contribution in [-0.4, -0.2) is 44.9 Å². The van der Waals surface area contributed by atoms with Gasteiger partial charge in [-0.25, -0.2) is 0 Å². The van der Waals surface area contributed by atoms with Crippen LogP contribution in [0.25, 0.3) is 11.3 Å². The molecule has 2 heterocycles. The van der Waals surface area contributed by atoms with Gasteiger partial charge in [-0.3, -0.25) is 9.89 Å². The molecule has 5 nitrogen and oxygen atoms in total. The van der Waals surface area contributed by atoms with E-state index in [1.54, 1.807) is 11.8 Å². The van der Waals surface area contributed by atoms with Gasteiger partial charge in [-0.2, -0.15) is 16.9 Å². The van der Waals surface area contributed by atoms with Crippen molar-refractivity contribution < 1.29 is 9.90 Å². The lowest BCUT2D eigenvalue weighted by Crippen LogP contribution is -2.43. The summed E-state index contributed by atoms with van der Waals surface area (Å²) < 4.78 is 0. The molecule has 110 valence electrons. The summed E-state index contributed by atoms with van der Waals surface area (Å²) in [6.45, 7) is 0.276. The molecule has 2 aromatic rings. The third-order valence-corrected chi connectivity index (χ3v) is 4.84. The van der Waals surface area contributed by atoms with Crippen molar-refractivity contribution in [2.75, 3.05) is 18.1 Å². The van der Waals surface area contributed by atoms with Gasteiger partial charge >= 0.3 is 0 Å².